The standard InChI is InChI=1S/C15H10BrFIN3/c16-12-5-10(6-13(17)7-12)8-21-9-19-15(20-21)11-1-3-14(18)4-2-11/h1-7,9H,8H2. The van der Waals surface area contributed by atoms with E-state index in [0.717, 1.165) is 15.6 Å². The molecule has 0 bridgehead atoms. The van der Waals surface area contributed by atoms with Crippen molar-refractivity contribution in [3.63, 3.8) is 0 Å². The zero-order valence-electron chi connectivity index (χ0n) is 10.8. The number of nitrogens with zero attached hydrogens (tertiary/aromatic N) is 3. The summed E-state index contributed by atoms with van der Waals surface area (Å²) in [5.74, 6) is 0.402. The van der Waals surface area contributed by atoms with Gasteiger partial charge in [-0.1, -0.05) is 28.1 Å². The van der Waals surface area contributed by atoms with Crippen LogP contribution < -0.4 is 0 Å². The molecular formula is C15H10BrFIN3. The highest BCUT2D eigenvalue weighted by atomic mass is 127. The fraction of sp³-hybridized carbons (Fsp3) is 0.0667. The van der Waals surface area contributed by atoms with E-state index in [-0.39, 0.29) is 5.82 Å². The maximum atomic E-state index is 13.4. The summed E-state index contributed by atoms with van der Waals surface area (Å²) in [6, 6.07) is 12.8. The fourth-order valence-electron chi connectivity index (χ4n) is 1.99. The topological polar surface area (TPSA) is 30.7 Å². The van der Waals surface area contributed by atoms with Crippen LogP contribution in [0.1, 0.15) is 5.56 Å². The third-order valence-corrected chi connectivity index (χ3v) is 4.08. The second-order valence-corrected chi connectivity index (χ2v) is 6.71. The Hall–Kier alpha value is -1.28. The molecule has 6 heteroatoms. The highest BCUT2D eigenvalue weighted by Gasteiger charge is 2.06. The van der Waals surface area contributed by atoms with Gasteiger partial charge in [-0.3, -0.25) is 0 Å². The minimum atomic E-state index is -0.266. The number of rotatable bonds is 3. The molecule has 1 heterocycles. The maximum Gasteiger partial charge on any atom is 0.181 e. The van der Waals surface area contributed by atoms with E-state index < -0.39 is 0 Å². The Bertz CT molecular complexity index is 751. The molecule has 3 rings (SSSR count). The molecule has 0 amide bonds. The third kappa shape index (κ3) is 3.68. The van der Waals surface area contributed by atoms with Crippen LogP contribution in [0.25, 0.3) is 11.4 Å². The Morgan fingerprint density at radius 2 is 1.90 bits per heavy atom. The minimum Gasteiger partial charge on any atom is -0.248 e. The lowest BCUT2D eigenvalue weighted by Gasteiger charge is -2.02. The first kappa shape index (κ1) is 14.6. The molecule has 0 aliphatic rings. The van der Waals surface area contributed by atoms with Crippen molar-refractivity contribution in [1.82, 2.24) is 14.8 Å². The lowest BCUT2D eigenvalue weighted by molar-refractivity contribution is 0.618. The van der Waals surface area contributed by atoms with Gasteiger partial charge in [-0.15, -0.1) is 0 Å². The van der Waals surface area contributed by atoms with E-state index in [1.807, 2.05) is 30.3 Å². The van der Waals surface area contributed by atoms with Gasteiger partial charge in [0.1, 0.15) is 12.1 Å². The van der Waals surface area contributed by atoms with Crippen LogP contribution in [0.4, 0.5) is 4.39 Å². The van der Waals surface area contributed by atoms with Crippen molar-refractivity contribution in [2.45, 2.75) is 6.54 Å². The molecule has 106 valence electrons. The van der Waals surface area contributed by atoms with Gasteiger partial charge in [0.25, 0.3) is 0 Å². The molecule has 0 unspecified atom stereocenters. The van der Waals surface area contributed by atoms with Gasteiger partial charge >= 0.3 is 0 Å². The van der Waals surface area contributed by atoms with Crippen LogP contribution >= 0.6 is 38.5 Å². The highest BCUT2D eigenvalue weighted by molar-refractivity contribution is 14.1. The first-order chi connectivity index (χ1) is 10.1. The van der Waals surface area contributed by atoms with Crippen LogP contribution in [0.3, 0.4) is 0 Å². The van der Waals surface area contributed by atoms with Gasteiger partial charge < -0.3 is 0 Å². The third-order valence-electron chi connectivity index (χ3n) is 2.91. The molecule has 0 aliphatic heterocycles. The zero-order chi connectivity index (χ0) is 14.8. The average molecular weight is 458 g/mol. The van der Waals surface area contributed by atoms with Gasteiger partial charge in [0.2, 0.25) is 0 Å². The van der Waals surface area contributed by atoms with Crippen molar-refractivity contribution in [3.05, 3.63) is 68.2 Å². The Morgan fingerprint density at radius 3 is 2.62 bits per heavy atom. The molecule has 3 nitrogen and oxygen atoms in total. The van der Waals surface area contributed by atoms with Crippen LogP contribution in [0.2, 0.25) is 0 Å². The molecule has 0 saturated carbocycles. The van der Waals surface area contributed by atoms with Crippen LogP contribution in [-0.2, 0) is 6.54 Å². The normalized spacial score (nSPS) is 10.8. The van der Waals surface area contributed by atoms with Crippen LogP contribution in [0.5, 0.6) is 0 Å². The number of aromatic nitrogens is 3. The molecule has 0 N–H and O–H groups in total. The van der Waals surface area contributed by atoms with E-state index in [4.69, 9.17) is 0 Å². The Kier molecular flexibility index (Phi) is 4.34. The van der Waals surface area contributed by atoms with E-state index in [9.17, 15) is 4.39 Å². The smallest absolute Gasteiger partial charge is 0.181 e. The van der Waals surface area contributed by atoms with Crippen molar-refractivity contribution in [2.24, 2.45) is 0 Å². The van der Waals surface area contributed by atoms with E-state index in [0.29, 0.717) is 12.4 Å². The molecule has 0 aliphatic carbocycles. The first-order valence-corrected chi connectivity index (χ1v) is 8.08. The predicted octanol–water partition coefficient (Wildman–Crippen LogP) is 4.50. The number of benzene rings is 2. The number of hydrogen-bond donors (Lipinski definition) is 0. The molecule has 0 spiro atoms. The summed E-state index contributed by atoms with van der Waals surface area (Å²) < 4.78 is 17.0. The van der Waals surface area contributed by atoms with Crippen LogP contribution in [-0.4, -0.2) is 14.8 Å². The van der Waals surface area contributed by atoms with Crippen molar-refractivity contribution in [3.8, 4) is 11.4 Å². The van der Waals surface area contributed by atoms with Crippen molar-refractivity contribution < 1.29 is 4.39 Å². The van der Waals surface area contributed by atoms with Gasteiger partial charge in [-0.25, -0.2) is 14.1 Å². The van der Waals surface area contributed by atoms with Gasteiger partial charge in [-0.05, 0) is 58.5 Å². The summed E-state index contributed by atoms with van der Waals surface area (Å²) in [5, 5.41) is 4.43. The molecule has 0 saturated heterocycles. The van der Waals surface area contributed by atoms with Crippen molar-refractivity contribution in [2.75, 3.05) is 0 Å². The molecule has 2 aromatic carbocycles. The molecule has 3 aromatic rings. The number of halogens is 3. The summed E-state index contributed by atoms with van der Waals surface area (Å²) in [6.07, 6.45) is 1.66. The van der Waals surface area contributed by atoms with Gasteiger partial charge in [0, 0.05) is 13.6 Å². The van der Waals surface area contributed by atoms with E-state index in [1.165, 1.54) is 15.7 Å². The maximum absolute atomic E-state index is 13.4. The van der Waals surface area contributed by atoms with Crippen molar-refractivity contribution in [1.29, 1.82) is 0 Å². The molecular weight excluding hydrogens is 448 g/mol. The summed E-state index contributed by atoms with van der Waals surface area (Å²) in [4.78, 5) is 4.30. The van der Waals surface area contributed by atoms with E-state index in [1.54, 1.807) is 11.0 Å². The zero-order valence-corrected chi connectivity index (χ0v) is 14.5. The summed E-state index contributed by atoms with van der Waals surface area (Å²) in [5.41, 5.74) is 1.80. The molecule has 0 fully saturated rings. The van der Waals surface area contributed by atoms with Crippen LogP contribution in [0.15, 0.2) is 53.3 Å². The molecule has 1 aromatic heterocycles. The van der Waals surface area contributed by atoms with Gasteiger partial charge in [-0.2, -0.15) is 5.10 Å². The number of hydrogen-bond acceptors (Lipinski definition) is 2. The Morgan fingerprint density at radius 1 is 1.14 bits per heavy atom. The Labute approximate surface area is 143 Å². The van der Waals surface area contributed by atoms with Gasteiger partial charge in [0.05, 0.1) is 6.54 Å². The fourth-order valence-corrected chi connectivity index (χ4v) is 2.86. The largest absolute Gasteiger partial charge is 0.248 e. The first-order valence-electron chi connectivity index (χ1n) is 6.20. The quantitative estimate of drug-likeness (QED) is 0.542. The lowest BCUT2D eigenvalue weighted by Crippen LogP contribution is -2.01. The monoisotopic (exact) mass is 457 g/mol. The average Bonchev–Trinajstić information content (AvgIpc) is 2.87. The SMILES string of the molecule is Fc1cc(Br)cc(Cn2cnc(-c3ccc(I)cc3)n2)c1. The minimum absolute atomic E-state index is 0.266. The highest BCUT2D eigenvalue weighted by Crippen LogP contribution is 2.18. The molecule has 0 atom stereocenters. The van der Waals surface area contributed by atoms with Gasteiger partial charge in [0.15, 0.2) is 5.82 Å². The second kappa shape index (κ2) is 6.23. The molecule has 21 heavy (non-hydrogen) atoms. The second-order valence-electron chi connectivity index (χ2n) is 4.55. The van der Waals surface area contributed by atoms with E-state index >= 15 is 0 Å². The summed E-state index contributed by atoms with van der Waals surface area (Å²) >= 11 is 5.55. The lowest BCUT2D eigenvalue weighted by atomic mass is 10.2. The van der Waals surface area contributed by atoms with Crippen molar-refractivity contribution >= 4 is 38.5 Å². The van der Waals surface area contributed by atoms with E-state index in [2.05, 4.69) is 48.6 Å². The van der Waals surface area contributed by atoms with Crippen LogP contribution in [0, 0.1) is 9.39 Å². The summed E-state index contributed by atoms with van der Waals surface area (Å²) in [7, 11) is 0. The predicted molar refractivity (Wildman–Crippen MR) is 91.4 cm³/mol. The Balaban J connectivity index is 1.83. The molecule has 0 radical (unpaired) electrons. The summed E-state index contributed by atoms with van der Waals surface area (Å²) in [6.45, 7) is 0.480.